The number of nitrogens with one attached hydrogen (secondary N) is 1. The summed E-state index contributed by atoms with van der Waals surface area (Å²) in [6.45, 7) is 2.03. The number of imidazole rings is 1. The number of aryl methyl sites for hydroxylation is 1. The first-order valence-corrected chi connectivity index (χ1v) is 5.13. The number of fused-ring (bicyclic) bond motifs is 3. The van der Waals surface area contributed by atoms with E-state index in [1.807, 2.05) is 12.1 Å². The number of aromatic nitrogens is 2. The van der Waals surface area contributed by atoms with Crippen LogP contribution in [0.4, 0.5) is 5.95 Å². The minimum atomic E-state index is 0.728. The van der Waals surface area contributed by atoms with Gasteiger partial charge in [0.25, 0.3) is 0 Å². The van der Waals surface area contributed by atoms with Gasteiger partial charge in [0.05, 0.1) is 10.5 Å². The van der Waals surface area contributed by atoms with Crippen molar-refractivity contribution >= 4 is 28.6 Å². The first kappa shape index (κ1) is 8.12. The Hall–Kier alpha value is -1.22. The average Bonchev–Trinajstić information content (AvgIpc) is 2.59. The molecule has 1 aliphatic heterocycles. The molecule has 1 aromatic carbocycles. The third-order valence-corrected chi connectivity index (χ3v) is 2.88. The molecule has 3 nitrogen and oxygen atoms in total. The number of hydrogen-bond acceptors (Lipinski definition) is 2. The largest absolute Gasteiger partial charge is 0.356 e. The van der Waals surface area contributed by atoms with Crippen molar-refractivity contribution in [2.45, 2.75) is 13.0 Å². The number of benzene rings is 1. The van der Waals surface area contributed by atoms with Crippen molar-refractivity contribution in [3.63, 3.8) is 0 Å². The molecule has 0 unspecified atom stereocenters. The summed E-state index contributed by atoms with van der Waals surface area (Å²) in [5.41, 5.74) is 2.03. The molecule has 0 radical (unpaired) electrons. The Kier molecular flexibility index (Phi) is 1.67. The van der Waals surface area contributed by atoms with E-state index >= 15 is 0 Å². The van der Waals surface area contributed by atoms with Crippen LogP contribution in [-0.2, 0) is 6.54 Å². The molecular weight excluding hydrogens is 198 g/mol. The highest BCUT2D eigenvalue weighted by molar-refractivity contribution is 6.35. The Bertz CT molecular complexity index is 489. The quantitative estimate of drug-likeness (QED) is 0.720. The molecule has 1 N–H and O–H groups in total. The molecule has 0 saturated heterocycles. The number of nitrogens with zero attached hydrogens (tertiary/aromatic N) is 2. The van der Waals surface area contributed by atoms with Gasteiger partial charge in [-0.1, -0.05) is 17.7 Å². The van der Waals surface area contributed by atoms with Crippen LogP contribution in [0.15, 0.2) is 18.2 Å². The van der Waals surface area contributed by atoms with E-state index in [1.54, 1.807) is 0 Å². The van der Waals surface area contributed by atoms with Crippen molar-refractivity contribution in [2.75, 3.05) is 11.9 Å². The van der Waals surface area contributed by atoms with Gasteiger partial charge in [0.1, 0.15) is 5.52 Å². The molecule has 72 valence electrons. The van der Waals surface area contributed by atoms with Crippen molar-refractivity contribution in [3.05, 3.63) is 23.2 Å². The normalized spacial score (nSPS) is 15.2. The van der Waals surface area contributed by atoms with Crippen LogP contribution in [0.5, 0.6) is 0 Å². The average molecular weight is 208 g/mol. The van der Waals surface area contributed by atoms with Gasteiger partial charge >= 0.3 is 0 Å². The van der Waals surface area contributed by atoms with Crippen molar-refractivity contribution in [2.24, 2.45) is 0 Å². The predicted octanol–water partition coefficient (Wildman–Crippen LogP) is 2.51. The lowest BCUT2D eigenvalue weighted by molar-refractivity contribution is 0.642. The van der Waals surface area contributed by atoms with Crippen LogP contribution in [0.25, 0.3) is 11.0 Å². The summed E-state index contributed by atoms with van der Waals surface area (Å²) in [5, 5.41) is 4.00. The van der Waals surface area contributed by atoms with Gasteiger partial charge in [0.15, 0.2) is 0 Å². The monoisotopic (exact) mass is 207 g/mol. The minimum Gasteiger partial charge on any atom is -0.356 e. The van der Waals surface area contributed by atoms with E-state index in [9.17, 15) is 0 Å². The summed E-state index contributed by atoms with van der Waals surface area (Å²) < 4.78 is 2.19. The second-order valence-electron chi connectivity index (χ2n) is 3.47. The van der Waals surface area contributed by atoms with Crippen molar-refractivity contribution in [1.29, 1.82) is 0 Å². The third-order valence-electron chi connectivity index (χ3n) is 2.57. The second kappa shape index (κ2) is 2.89. The molecule has 3 rings (SSSR count). The molecule has 0 amide bonds. The molecule has 2 heterocycles. The summed E-state index contributed by atoms with van der Waals surface area (Å²) in [5.74, 6) is 0.944. The maximum Gasteiger partial charge on any atom is 0.203 e. The van der Waals surface area contributed by atoms with Gasteiger partial charge in [0.2, 0.25) is 5.95 Å². The zero-order valence-electron chi connectivity index (χ0n) is 7.63. The predicted molar refractivity (Wildman–Crippen MR) is 57.8 cm³/mol. The molecule has 14 heavy (non-hydrogen) atoms. The molecule has 1 aromatic heterocycles. The van der Waals surface area contributed by atoms with Crippen molar-refractivity contribution in [1.82, 2.24) is 9.55 Å². The number of para-hydroxylation sites is 1. The van der Waals surface area contributed by atoms with Gasteiger partial charge in [-0.05, 0) is 18.6 Å². The van der Waals surface area contributed by atoms with E-state index in [0.29, 0.717) is 0 Å². The van der Waals surface area contributed by atoms with Crippen LogP contribution in [0.3, 0.4) is 0 Å². The van der Waals surface area contributed by atoms with Gasteiger partial charge in [0, 0.05) is 13.1 Å². The highest BCUT2D eigenvalue weighted by atomic mass is 35.5. The highest BCUT2D eigenvalue weighted by Gasteiger charge is 2.14. The molecule has 0 spiro atoms. The lowest BCUT2D eigenvalue weighted by Gasteiger charge is -2.15. The Balaban J connectivity index is 2.36. The first-order valence-electron chi connectivity index (χ1n) is 4.75. The van der Waals surface area contributed by atoms with Crippen LogP contribution in [0.2, 0.25) is 5.02 Å². The molecule has 1 aliphatic rings. The second-order valence-corrected chi connectivity index (χ2v) is 3.88. The van der Waals surface area contributed by atoms with E-state index in [2.05, 4.69) is 20.9 Å². The van der Waals surface area contributed by atoms with Crippen molar-refractivity contribution in [3.8, 4) is 0 Å². The fourth-order valence-electron chi connectivity index (χ4n) is 1.91. The molecule has 0 aliphatic carbocycles. The van der Waals surface area contributed by atoms with Gasteiger partial charge in [-0.3, -0.25) is 0 Å². The van der Waals surface area contributed by atoms with E-state index in [-0.39, 0.29) is 0 Å². The van der Waals surface area contributed by atoms with Gasteiger partial charge in [-0.25, -0.2) is 4.98 Å². The van der Waals surface area contributed by atoms with E-state index in [0.717, 1.165) is 41.5 Å². The Morgan fingerprint density at radius 2 is 2.36 bits per heavy atom. The van der Waals surface area contributed by atoms with Gasteiger partial charge < -0.3 is 9.88 Å². The van der Waals surface area contributed by atoms with Crippen LogP contribution >= 0.6 is 11.6 Å². The summed E-state index contributed by atoms with van der Waals surface area (Å²) >= 11 is 6.07. The third kappa shape index (κ3) is 1.02. The Morgan fingerprint density at radius 1 is 1.43 bits per heavy atom. The fraction of sp³-hybridized carbons (Fsp3) is 0.300. The smallest absolute Gasteiger partial charge is 0.203 e. The maximum absolute atomic E-state index is 6.07. The number of rotatable bonds is 0. The van der Waals surface area contributed by atoms with Gasteiger partial charge in [-0.2, -0.15) is 0 Å². The molecule has 0 bridgehead atoms. The molecule has 0 fully saturated rings. The minimum absolute atomic E-state index is 0.728. The highest BCUT2D eigenvalue weighted by Crippen LogP contribution is 2.27. The van der Waals surface area contributed by atoms with E-state index in [4.69, 9.17) is 11.6 Å². The lowest BCUT2D eigenvalue weighted by Crippen LogP contribution is -2.16. The Labute approximate surface area is 86.7 Å². The topological polar surface area (TPSA) is 29.9 Å². The van der Waals surface area contributed by atoms with Crippen LogP contribution in [0.1, 0.15) is 6.42 Å². The lowest BCUT2D eigenvalue weighted by atomic mass is 10.3. The van der Waals surface area contributed by atoms with E-state index in [1.165, 1.54) is 0 Å². The number of halogens is 1. The molecule has 2 aromatic rings. The number of hydrogen-bond donors (Lipinski definition) is 1. The fourth-order valence-corrected chi connectivity index (χ4v) is 2.12. The van der Waals surface area contributed by atoms with E-state index < -0.39 is 0 Å². The van der Waals surface area contributed by atoms with Crippen LogP contribution in [0, 0.1) is 0 Å². The zero-order valence-corrected chi connectivity index (χ0v) is 8.38. The zero-order chi connectivity index (χ0) is 9.54. The summed E-state index contributed by atoms with van der Waals surface area (Å²) in [6, 6.07) is 5.90. The summed E-state index contributed by atoms with van der Waals surface area (Å²) in [7, 11) is 0. The maximum atomic E-state index is 6.07. The van der Waals surface area contributed by atoms with Gasteiger partial charge in [-0.15, -0.1) is 0 Å². The summed E-state index contributed by atoms with van der Waals surface area (Å²) in [6.07, 6.45) is 1.14. The molecule has 4 heteroatoms. The molecular formula is C10H10ClN3. The van der Waals surface area contributed by atoms with Crippen molar-refractivity contribution < 1.29 is 0 Å². The SMILES string of the molecule is Clc1cccc2c1nc1n2CCCN1. The first-order chi connectivity index (χ1) is 6.86. The molecule has 0 atom stereocenters. The van der Waals surface area contributed by atoms with Crippen LogP contribution in [-0.4, -0.2) is 16.1 Å². The molecule has 0 saturated carbocycles. The number of anilines is 1. The summed E-state index contributed by atoms with van der Waals surface area (Å²) in [4.78, 5) is 4.47. The standard InChI is InChI=1S/C10H10ClN3/c11-7-3-1-4-8-9(7)13-10-12-5-2-6-14(8)10/h1,3-4H,2,5-6H2,(H,12,13). The Morgan fingerprint density at radius 3 is 3.29 bits per heavy atom. The van der Waals surface area contributed by atoms with Crippen LogP contribution < -0.4 is 5.32 Å².